The van der Waals surface area contributed by atoms with Crippen LogP contribution < -0.4 is 11.1 Å². The molecule has 2 aromatic rings. The topological polar surface area (TPSA) is 98.9 Å². The molecule has 0 fully saturated rings. The van der Waals surface area contributed by atoms with E-state index in [-0.39, 0.29) is 11.4 Å². The Labute approximate surface area is 108 Å². The highest BCUT2D eigenvalue weighted by atomic mass is 16.1. The zero-order valence-corrected chi connectivity index (χ0v) is 10.4. The first-order chi connectivity index (χ1) is 9.08. The molecule has 1 heterocycles. The highest BCUT2D eigenvalue weighted by Crippen LogP contribution is 2.17. The third-order valence-corrected chi connectivity index (χ3v) is 2.78. The van der Waals surface area contributed by atoms with Gasteiger partial charge < -0.3 is 0 Å². The molecule has 0 radical (unpaired) electrons. The number of imidazole rings is 1. The van der Waals surface area contributed by atoms with Crippen LogP contribution in [0.3, 0.4) is 0 Å². The van der Waals surface area contributed by atoms with Gasteiger partial charge >= 0.3 is 5.69 Å². The van der Waals surface area contributed by atoms with Gasteiger partial charge in [-0.25, -0.2) is 4.79 Å². The zero-order valence-electron chi connectivity index (χ0n) is 10.4. The molecule has 1 N–H and O–H groups in total. The van der Waals surface area contributed by atoms with E-state index in [1.807, 2.05) is 0 Å². The van der Waals surface area contributed by atoms with Gasteiger partial charge in [0.1, 0.15) is 12.1 Å². The first kappa shape index (κ1) is 12.4. The highest BCUT2D eigenvalue weighted by molar-refractivity contribution is 6.10. The number of aryl methyl sites for hydroxylation is 2. The van der Waals surface area contributed by atoms with E-state index < -0.39 is 0 Å². The standard InChI is InChI=1S/C12H10N6O/c1-17-10-4-3-8(15-16-9(6-13)7-14)5-11(10)18(2)12(17)19/h3-5,15H,1-2H3. The van der Waals surface area contributed by atoms with Gasteiger partial charge in [0.2, 0.25) is 5.71 Å². The summed E-state index contributed by atoms with van der Waals surface area (Å²) in [5.41, 5.74) is 4.36. The van der Waals surface area contributed by atoms with Gasteiger partial charge in [-0.15, -0.1) is 0 Å². The van der Waals surface area contributed by atoms with Gasteiger partial charge in [0.25, 0.3) is 0 Å². The van der Waals surface area contributed by atoms with Gasteiger partial charge in [-0.1, -0.05) is 0 Å². The summed E-state index contributed by atoms with van der Waals surface area (Å²) in [4.78, 5) is 11.7. The molecular formula is C12H10N6O. The molecule has 7 nitrogen and oxygen atoms in total. The molecule has 0 saturated heterocycles. The minimum absolute atomic E-state index is 0.120. The molecular weight excluding hydrogens is 244 g/mol. The maximum Gasteiger partial charge on any atom is 0.328 e. The number of anilines is 1. The second-order valence-corrected chi connectivity index (χ2v) is 3.90. The number of fused-ring (bicyclic) bond motifs is 1. The van der Waals surface area contributed by atoms with Crippen LogP contribution in [0, 0.1) is 22.7 Å². The number of benzene rings is 1. The van der Waals surface area contributed by atoms with E-state index in [1.165, 1.54) is 4.57 Å². The molecule has 19 heavy (non-hydrogen) atoms. The number of nitrogens with zero attached hydrogens (tertiary/aromatic N) is 5. The Hall–Kier alpha value is -3.06. The number of nitriles is 2. The van der Waals surface area contributed by atoms with E-state index in [0.29, 0.717) is 5.69 Å². The first-order valence-electron chi connectivity index (χ1n) is 5.38. The molecule has 0 atom stereocenters. The summed E-state index contributed by atoms with van der Waals surface area (Å²) in [6, 6.07) is 8.52. The van der Waals surface area contributed by atoms with E-state index >= 15 is 0 Å². The molecule has 0 aliphatic heterocycles. The van der Waals surface area contributed by atoms with E-state index in [2.05, 4.69) is 10.5 Å². The molecule has 0 unspecified atom stereocenters. The maximum absolute atomic E-state index is 11.7. The van der Waals surface area contributed by atoms with E-state index in [0.717, 1.165) is 11.0 Å². The fourth-order valence-electron chi connectivity index (χ4n) is 1.77. The average Bonchev–Trinajstić information content (AvgIpc) is 2.65. The van der Waals surface area contributed by atoms with Crippen molar-refractivity contribution in [2.24, 2.45) is 19.2 Å². The lowest BCUT2D eigenvalue weighted by Crippen LogP contribution is -2.19. The predicted octanol–water partition coefficient (Wildman–Crippen LogP) is 0.692. The van der Waals surface area contributed by atoms with Gasteiger partial charge in [0.15, 0.2) is 0 Å². The lowest BCUT2D eigenvalue weighted by atomic mass is 10.3. The fourth-order valence-corrected chi connectivity index (χ4v) is 1.77. The largest absolute Gasteiger partial charge is 0.328 e. The SMILES string of the molecule is Cn1c(=O)n(C)c2cc(NN=C(C#N)C#N)ccc21. The Morgan fingerprint density at radius 3 is 2.47 bits per heavy atom. The van der Waals surface area contributed by atoms with Crippen LogP contribution >= 0.6 is 0 Å². The summed E-state index contributed by atoms with van der Waals surface area (Å²) in [7, 11) is 3.37. The second-order valence-electron chi connectivity index (χ2n) is 3.90. The zero-order chi connectivity index (χ0) is 14.0. The summed E-state index contributed by atoms with van der Waals surface area (Å²) >= 11 is 0. The van der Waals surface area contributed by atoms with Crippen LogP contribution in [0.25, 0.3) is 11.0 Å². The molecule has 0 saturated carbocycles. The highest BCUT2D eigenvalue weighted by Gasteiger charge is 2.07. The Kier molecular flexibility index (Phi) is 3.05. The van der Waals surface area contributed by atoms with Crippen LogP contribution in [0.15, 0.2) is 28.1 Å². The van der Waals surface area contributed by atoms with Crippen molar-refractivity contribution in [2.45, 2.75) is 0 Å². The minimum atomic E-state index is -0.262. The normalized spacial score (nSPS) is 9.68. The molecule has 94 valence electrons. The summed E-state index contributed by atoms with van der Waals surface area (Å²) in [6.45, 7) is 0. The molecule has 0 aliphatic carbocycles. The van der Waals surface area contributed by atoms with Crippen molar-refractivity contribution in [1.82, 2.24) is 9.13 Å². The average molecular weight is 254 g/mol. The van der Waals surface area contributed by atoms with Crippen molar-refractivity contribution in [3.05, 3.63) is 28.7 Å². The molecule has 0 amide bonds. The molecule has 0 spiro atoms. The maximum atomic E-state index is 11.7. The third kappa shape index (κ3) is 2.05. The molecule has 0 aliphatic rings. The monoisotopic (exact) mass is 254 g/mol. The van der Waals surface area contributed by atoms with Crippen molar-refractivity contribution >= 4 is 22.4 Å². The van der Waals surface area contributed by atoms with E-state index in [1.54, 1.807) is 49.0 Å². The predicted molar refractivity (Wildman–Crippen MR) is 70.4 cm³/mol. The van der Waals surface area contributed by atoms with Crippen molar-refractivity contribution in [2.75, 3.05) is 5.43 Å². The quantitative estimate of drug-likeness (QED) is 0.629. The Morgan fingerprint density at radius 1 is 1.21 bits per heavy atom. The van der Waals surface area contributed by atoms with Crippen LogP contribution in [0.1, 0.15) is 0 Å². The fraction of sp³-hybridized carbons (Fsp3) is 0.167. The van der Waals surface area contributed by atoms with Crippen LogP contribution in [-0.2, 0) is 14.1 Å². The smallest absolute Gasteiger partial charge is 0.295 e. The number of hydrogen-bond donors (Lipinski definition) is 1. The lowest BCUT2D eigenvalue weighted by molar-refractivity contribution is 0.795. The lowest BCUT2D eigenvalue weighted by Gasteiger charge is -2.01. The van der Waals surface area contributed by atoms with Crippen molar-refractivity contribution in [3.8, 4) is 12.1 Å². The van der Waals surface area contributed by atoms with Crippen LogP contribution in [0.2, 0.25) is 0 Å². The van der Waals surface area contributed by atoms with Gasteiger partial charge in [-0.3, -0.25) is 14.6 Å². The van der Waals surface area contributed by atoms with E-state index in [4.69, 9.17) is 10.5 Å². The summed E-state index contributed by atoms with van der Waals surface area (Å²) in [5, 5.41) is 20.8. The van der Waals surface area contributed by atoms with Gasteiger partial charge in [0.05, 0.1) is 16.7 Å². The number of hydrazone groups is 1. The summed E-state index contributed by atoms with van der Waals surface area (Å²) in [5.74, 6) is 0. The van der Waals surface area contributed by atoms with Gasteiger partial charge in [-0.2, -0.15) is 15.6 Å². The van der Waals surface area contributed by atoms with Crippen LogP contribution in [-0.4, -0.2) is 14.8 Å². The van der Waals surface area contributed by atoms with Crippen molar-refractivity contribution in [1.29, 1.82) is 10.5 Å². The molecule has 2 rings (SSSR count). The molecule has 0 bridgehead atoms. The number of hydrogen-bond acceptors (Lipinski definition) is 5. The second kappa shape index (κ2) is 4.67. The summed E-state index contributed by atoms with van der Waals surface area (Å²) in [6.07, 6.45) is 0. The number of rotatable bonds is 2. The van der Waals surface area contributed by atoms with Crippen molar-refractivity contribution < 1.29 is 0 Å². The third-order valence-electron chi connectivity index (χ3n) is 2.78. The van der Waals surface area contributed by atoms with Gasteiger partial charge in [0, 0.05) is 14.1 Å². The number of nitrogens with one attached hydrogen (secondary N) is 1. The molecule has 1 aromatic heterocycles. The van der Waals surface area contributed by atoms with Crippen LogP contribution in [0.5, 0.6) is 0 Å². The Balaban J connectivity index is 2.47. The van der Waals surface area contributed by atoms with Crippen LogP contribution in [0.4, 0.5) is 5.69 Å². The first-order valence-corrected chi connectivity index (χ1v) is 5.38. The molecule has 1 aromatic carbocycles. The molecule has 7 heteroatoms. The van der Waals surface area contributed by atoms with E-state index in [9.17, 15) is 4.79 Å². The Bertz CT molecular complexity index is 796. The van der Waals surface area contributed by atoms with Crippen molar-refractivity contribution in [3.63, 3.8) is 0 Å². The van der Waals surface area contributed by atoms with Gasteiger partial charge in [-0.05, 0) is 18.2 Å². The number of aromatic nitrogens is 2. The minimum Gasteiger partial charge on any atom is -0.295 e. The Morgan fingerprint density at radius 2 is 1.84 bits per heavy atom. The summed E-state index contributed by atoms with van der Waals surface area (Å²) < 4.78 is 3.05.